The lowest BCUT2D eigenvalue weighted by Gasteiger charge is -2.19. The highest BCUT2D eigenvalue weighted by atomic mass is 16.6. The van der Waals surface area contributed by atoms with E-state index < -0.39 is 18.0 Å². The first-order valence-corrected chi connectivity index (χ1v) is 10.4. The van der Waals surface area contributed by atoms with E-state index in [2.05, 4.69) is 24.3 Å². The van der Waals surface area contributed by atoms with E-state index in [0.29, 0.717) is 12.5 Å². The van der Waals surface area contributed by atoms with Gasteiger partial charge in [0, 0.05) is 19.0 Å². The van der Waals surface area contributed by atoms with Gasteiger partial charge in [-0.05, 0) is 40.5 Å². The van der Waals surface area contributed by atoms with Gasteiger partial charge in [0.05, 0.1) is 5.92 Å². The van der Waals surface area contributed by atoms with E-state index in [1.54, 1.807) is 4.90 Å². The lowest BCUT2D eigenvalue weighted by molar-refractivity contribution is -0.142. The van der Waals surface area contributed by atoms with Crippen LogP contribution in [-0.2, 0) is 9.53 Å². The number of amides is 1. The van der Waals surface area contributed by atoms with Gasteiger partial charge < -0.3 is 14.7 Å². The fraction of sp³-hybridized carbons (Fsp3) is 0.417. The molecule has 0 unspecified atom stereocenters. The lowest BCUT2D eigenvalue weighted by atomic mass is 9.91. The van der Waals surface area contributed by atoms with Crippen molar-refractivity contribution in [3.8, 4) is 11.1 Å². The standard InChI is InChI=1S/C24H25NO4/c26-23(27)21-13-25(12-16(21)11-15-9-10-15)24(28)29-14-22-19-7-3-1-5-17(19)18-6-2-4-8-20(18)22/h1-8,15-16,21-22H,9-14H2,(H,26,27)/t16-,21-/m1/s1. The summed E-state index contributed by atoms with van der Waals surface area (Å²) in [4.78, 5) is 26.0. The Labute approximate surface area is 170 Å². The first-order valence-electron chi connectivity index (χ1n) is 10.4. The van der Waals surface area contributed by atoms with Crippen molar-refractivity contribution in [2.45, 2.75) is 25.2 Å². The van der Waals surface area contributed by atoms with Crippen LogP contribution in [0, 0.1) is 17.8 Å². The second-order valence-electron chi connectivity index (χ2n) is 8.59. The molecule has 1 saturated carbocycles. The molecule has 1 amide bonds. The van der Waals surface area contributed by atoms with Crippen LogP contribution >= 0.6 is 0 Å². The van der Waals surface area contributed by atoms with Crippen LogP contribution in [0.2, 0.25) is 0 Å². The summed E-state index contributed by atoms with van der Waals surface area (Å²) < 4.78 is 5.71. The largest absolute Gasteiger partial charge is 0.481 e. The molecule has 2 aliphatic carbocycles. The zero-order valence-electron chi connectivity index (χ0n) is 16.3. The number of rotatable bonds is 5. The normalized spacial score (nSPS) is 23.0. The van der Waals surface area contributed by atoms with Crippen LogP contribution in [0.3, 0.4) is 0 Å². The summed E-state index contributed by atoms with van der Waals surface area (Å²) in [6.45, 7) is 1.02. The smallest absolute Gasteiger partial charge is 0.409 e. The Balaban J connectivity index is 1.28. The third-order valence-electron chi connectivity index (χ3n) is 6.69. The van der Waals surface area contributed by atoms with Crippen molar-refractivity contribution in [2.24, 2.45) is 17.8 Å². The average Bonchev–Trinajstić information content (AvgIpc) is 3.34. The molecular formula is C24H25NO4. The Kier molecular flexibility index (Phi) is 4.53. The molecule has 1 heterocycles. The Morgan fingerprint density at radius 3 is 2.17 bits per heavy atom. The molecule has 3 aliphatic rings. The van der Waals surface area contributed by atoms with Crippen molar-refractivity contribution < 1.29 is 19.4 Å². The van der Waals surface area contributed by atoms with Crippen LogP contribution in [0.1, 0.15) is 36.3 Å². The molecule has 29 heavy (non-hydrogen) atoms. The first-order chi connectivity index (χ1) is 14.1. The third-order valence-corrected chi connectivity index (χ3v) is 6.69. The van der Waals surface area contributed by atoms with E-state index in [4.69, 9.17) is 4.74 Å². The SMILES string of the molecule is O=C(O)[C@@H]1CN(C(=O)OCC2c3ccccc3-c3ccccc32)C[C@H]1CC1CC1. The summed E-state index contributed by atoms with van der Waals surface area (Å²) in [5.74, 6) is -0.572. The van der Waals surface area contributed by atoms with Crippen LogP contribution in [0.5, 0.6) is 0 Å². The molecule has 0 radical (unpaired) electrons. The maximum atomic E-state index is 12.8. The van der Waals surface area contributed by atoms with E-state index in [1.807, 2.05) is 24.3 Å². The fourth-order valence-corrected chi connectivity index (χ4v) is 5.01. The van der Waals surface area contributed by atoms with Crippen LogP contribution in [-0.4, -0.2) is 41.8 Å². The number of aliphatic carboxylic acids is 1. The molecule has 5 heteroatoms. The van der Waals surface area contributed by atoms with Crippen LogP contribution in [0.15, 0.2) is 48.5 Å². The summed E-state index contributed by atoms with van der Waals surface area (Å²) >= 11 is 0. The second kappa shape index (κ2) is 7.21. The molecular weight excluding hydrogens is 366 g/mol. The summed E-state index contributed by atoms with van der Waals surface area (Å²) in [5.41, 5.74) is 4.75. The zero-order valence-corrected chi connectivity index (χ0v) is 16.3. The zero-order chi connectivity index (χ0) is 20.0. The summed E-state index contributed by atoms with van der Waals surface area (Å²) in [6.07, 6.45) is 2.89. The Morgan fingerprint density at radius 1 is 0.966 bits per heavy atom. The van der Waals surface area contributed by atoms with Crippen LogP contribution < -0.4 is 0 Å². The van der Waals surface area contributed by atoms with E-state index in [-0.39, 0.29) is 25.0 Å². The number of carbonyl (C=O) groups excluding carboxylic acids is 1. The number of likely N-dealkylation sites (tertiary alicyclic amines) is 1. The van der Waals surface area contributed by atoms with Crippen LogP contribution in [0.4, 0.5) is 4.79 Å². The highest BCUT2D eigenvalue weighted by Gasteiger charge is 2.42. The Morgan fingerprint density at radius 2 is 1.59 bits per heavy atom. The number of hydrogen-bond acceptors (Lipinski definition) is 3. The molecule has 5 nitrogen and oxygen atoms in total. The molecule has 5 rings (SSSR count). The molecule has 0 aromatic heterocycles. The van der Waals surface area contributed by atoms with Crippen molar-refractivity contribution in [3.63, 3.8) is 0 Å². The molecule has 2 aromatic carbocycles. The van der Waals surface area contributed by atoms with Crippen molar-refractivity contribution in [3.05, 3.63) is 59.7 Å². The van der Waals surface area contributed by atoms with Gasteiger partial charge in [0.1, 0.15) is 6.61 Å². The van der Waals surface area contributed by atoms with Gasteiger partial charge in [-0.2, -0.15) is 0 Å². The first kappa shape index (κ1) is 18.2. The molecule has 0 bridgehead atoms. The number of carboxylic acid groups (broad SMARTS) is 1. The topological polar surface area (TPSA) is 66.8 Å². The minimum Gasteiger partial charge on any atom is -0.481 e. The van der Waals surface area contributed by atoms with Gasteiger partial charge in [-0.15, -0.1) is 0 Å². The van der Waals surface area contributed by atoms with E-state index >= 15 is 0 Å². The quantitative estimate of drug-likeness (QED) is 0.822. The number of ether oxygens (including phenoxy) is 1. The van der Waals surface area contributed by atoms with Gasteiger partial charge in [-0.25, -0.2) is 4.79 Å². The molecule has 2 aromatic rings. The summed E-state index contributed by atoms with van der Waals surface area (Å²) in [5, 5.41) is 9.56. The molecule has 1 N–H and O–H groups in total. The lowest BCUT2D eigenvalue weighted by Crippen LogP contribution is -2.31. The Bertz CT molecular complexity index is 906. The van der Waals surface area contributed by atoms with Gasteiger partial charge >= 0.3 is 12.1 Å². The van der Waals surface area contributed by atoms with E-state index in [1.165, 1.54) is 35.1 Å². The molecule has 2 fully saturated rings. The number of benzene rings is 2. The van der Waals surface area contributed by atoms with Gasteiger partial charge in [0.2, 0.25) is 0 Å². The molecule has 0 spiro atoms. The highest BCUT2D eigenvalue weighted by molar-refractivity contribution is 5.79. The molecule has 2 atom stereocenters. The van der Waals surface area contributed by atoms with E-state index in [0.717, 1.165) is 6.42 Å². The van der Waals surface area contributed by atoms with Crippen molar-refractivity contribution >= 4 is 12.1 Å². The number of nitrogens with zero attached hydrogens (tertiary/aromatic N) is 1. The number of hydrogen-bond donors (Lipinski definition) is 1. The molecule has 150 valence electrons. The predicted molar refractivity (Wildman–Crippen MR) is 109 cm³/mol. The minimum absolute atomic E-state index is 0.0199. The van der Waals surface area contributed by atoms with Gasteiger partial charge in [-0.1, -0.05) is 61.4 Å². The van der Waals surface area contributed by atoms with Crippen LogP contribution in [0.25, 0.3) is 11.1 Å². The summed E-state index contributed by atoms with van der Waals surface area (Å²) in [6, 6.07) is 16.5. The van der Waals surface area contributed by atoms with Crippen molar-refractivity contribution in [1.82, 2.24) is 4.90 Å². The van der Waals surface area contributed by atoms with Gasteiger partial charge in [0.15, 0.2) is 0 Å². The minimum atomic E-state index is -0.801. The van der Waals surface area contributed by atoms with E-state index in [9.17, 15) is 14.7 Å². The van der Waals surface area contributed by atoms with Gasteiger partial charge in [-0.3, -0.25) is 4.79 Å². The molecule has 1 aliphatic heterocycles. The molecule has 1 saturated heterocycles. The fourth-order valence-electron chi connectivity index (χ4n) is 5.01. The summed E-state index contributed by atoms with van der Waals surface area (Å²) in [7, 11) is 0. The van der Waals surface area contributed by atoms with Crippen molar-refractivity contribution in [2.75, 3.05) is 19.7 Å². The van der Waals surface area contributed by atoms with Crippen molar-refractivity contribution in [1.29, 1.82) is 0 Å². The predicted octanol–water partition coefficient (Wildman–Crippen LogP) is 4.37. The average molecular weight is 391 g/mol. The number of carboxylic acids is 1. The third kappa shape index (κ3) is 3.39. The number of fused-ring (bicyclic) bond motifs is 3. The number of carbonyl (C=O) groups is 2. The van der Waals surface area contributed by atoms with Gasteiger partial charge in [0.25, 0.3) is 0 Å². The monoisotopic (exact) mass is 391 g/mol. The maximum Gasteiger partial charge on any atom is 0.409 e. The maximum absolute atomic E-state index is 12.8. The second-order valence-corrected chi connectivity index (χ2v) is 8.59. The Hall–Kier alpha value is -2.82. The highest BCUT2D eigenvalue weighted by Crippen LogP contribution is 2.45.